The SMILES string of the molecule is CC(C)(C)Cc1ccnc(-c2[c-]ccc3c2sc2ccc(-c4ccccc4)cc23)c1.CC(C)Cc1cc(-c2[c-]cccc2)ncc1[Si](C)(C)C.[Ir]. The first-order valence-electron chi connectivity index (χ1n) is 17.7. The molecule has 0 saturated carbocycles. The summed E-state index contributed by atoms with van der Waals surface area (Å²) in [6, 6.07) is 43.0. The Balaban J connectivity index is 0.000000211. The molecular formula is C46H48IrN2SSi-2. The third-order valence-corrected chi connectivity index (χ3v) is 12.0. The Morgan fingerprint density at radius 1 is 0.745 bits per heavy atom. The van der Waals surface area contributed by atoms with Gasteiger partial charge in [0.25, 0.3) is 0 Å². The molecule has 0 amide bonds. The van der Waals surface area contributed by atoms with E-state index < -0.39 is 8.07 Å². The van der Waals surface area contributed by atoms with Crippen molar-refractivity contribution < 1.29 is 20.1 Å². The number of aromatic nitrogens is 2. The molecule has 7 aromatic rings. The fourth-order valence-corrected chi connectivity index (χ4v) is 9.33. The molecule has 51 heavy (non-hydrogen) atoms. The predicted octanol–water partition coefficient (Wildman–Crippen LogP) is 12.5. The Morgan fingerprint density at radius 2 is 1.51 bits per heavy atom. The van der Waals surface area contributed by atoms with Crippen LogP contribution in [-0.4, -0.2) is 18.0 Å². The average molecular weight is 881 g/mol. The molecule has 0 aliphatic carbocycles. The molecule has 2 nitrogen and oxygen atoms in total. The van der Waals surface area contributed by atoms with Gasteiger partial charge in [-0.2, -0.15) is 11.3 Å². The van der Waals surface area contributed by atoms with E-state index in [2.05, 4.69) is 156 Å². The first-order valence-corrected chi connectivity index (χ1v) is 22.0. The van der Waals surface area contributed by atoms with Crippen LogP contribution in [0.2, 0.25) is 19.6 Å². The van der Waals surface area contributed by atoms with E-state index in [1.807, 2.05) is 41.8 Å². The number of nitrogens with zero attached hydrogens (tertiary/aromatic N) is 2. The van der Waals surface area contributed by atoms with Gasteiger partial charge in [-0.1, -0.05) is 119 Å². The van der Waals surface area contributed by atoms with E-state index in [-0.39, 0.29) is 25.5 Å². The summed E-state index contributed by atoms with van der Waals surface area (Å²) in [4.78, 5) is 9.39. The van der Waals surface area contributed by atoms with Crippen molar-refractivity contribution in [1.82, 2.24) is 9.97 Å². The monoisotopic (exact) mass is 881 g/mol. The van der Waals surface area contributed by atoms with Gasteiger partial charge in [0, 0.05) is 37.2 Å². The minimum atomic E-state index is -1.34. The molecule has 3 aromatic heterocycles. The van der Waals surface area contributed by atoms with E-state index in [0.717, 1.165) is 35.4 Å². The largest absolute Gasteiger partial charge is 0.305 e. The quantitative estimate of drug-likeness (QED) is 0.118. The number of rotatable bonds is 7. The van der Waals surface area contributed by atoms with Crippen molar-refractivity contribution in [3.05, 3.63) is 139 Å². The summed E-state index contributed by atoms with van der Waals surface area (Å²) in [5.74, 6) is 0.667. The summed E-state index contributed by atoms with van der Waals surface area (Å²) in [7, 11) is -1.34. The Morgan fingerprint density at radius 3 is 2.20 bits per heavy atom. The van der Waals surface area contributed by atoms with Gasteiger partial charge in [-0.25, -0.2) is 0 Å². The minimum absolute atomic E-state index is 0. The second-order valence-electron chi connectivity index (χ2n) is 15.9. The summed E-state index contributed by atoms with van der Waals surface area (Å²) in [6.07, 6.45) is 6.21. The Bertz CT molecular complexity index is 2210. The van der Waals surface area contributed by atoms with Gasteiger partial charge in [-0.3, -0.25) is 0 Å². The Hall–Kier alpha value is -3.73. The molecule has 0 spiro atoms. The summed E-state index contributed by atoms with van der Waals surface area (Å²) in [5.41, 5.74) is 9.79. The molecule has 263 valence electrons. The zero-order valence-corrected chi connectivity index (χ0v) is 35.3. The minimum Gasteiger partial charge on any atom is -0.305 e. The van der Waals surface area contributed by atoms with Gasteiger partial charge in [0.15, 0.2) is 0 Å². The summed E-state index contributed by atoms with van der Waals surface area (Å²) in [6.45, 7) is 18.6. The topological polar surface area (TPSA) is 25.8 Å². The number of hydrogen-bond donors (Lipinski definition) is 0. The van der Waals surface area contributed by atoms with Crippen LogP contribution in [0.25, 0.3) is 53.8 Å². The zero-order valence-electron chi connectivity index (χ0n) is 31.1. The summed E-state index contributed by atoms with van der Waals surface area (Å²) < 4.78 is 2.56. The van der Waals surface area contributed by atoms with Crippen LogP contribution in [0, 0.1) is 23.5 Å². The van der Waals surface area contributed by atoms with E-state index in [0.29, 0.717) is 5.92 Å². The average Bonchev–Trinajstić information content (AvgIpc) is 3.46. The van der Waals surface area contributed by atoms with Crippen LogP contribution in [0.1, 0.15) is 45.7 Å². The molecule has 1 radical (unpaired) electrons. The third kappa shape index (κ3) is 9.58. The second kappa shape index (κ2) is 16.3. The van der Waals surface area contributed by atoms with Crippen LogP contribution in [0.3, 0.4) is 0 Å². The molecule has 5 heteroatoms. The standard InChI is InChI=1S/C28H24NS.C18H24NSi.Ir/c1-28(2,3)18-19-14-15-29-25(16-19)23-11-7-10-22-24-17-21(20-8-5-4-6-9-20)12-13-26(24)30-27(22)23;1-14(2)11-16-12-17(15-9-7-6-8-10-15)19-13-18(16)20(3,4)5;/h4-10,12-17H,18H2,1-3H3;6-9,12-14H,11H2,1-5H3;/q2*-1;. The first-order chi connectivity index (χ1) is 23.9. The van der Waals surface area contributed by atoms with Gasteiger partial charge in [0.2, 0.25) is 0 Å². The maximum absolute atomic E-state index is 4.70. The molecule has 3 heterocycles. The number of pyridine rings is 2. The maximum atomic E-state index is 4.70. The van der Waals surface area contributed by atoms with Crippen molar-refractivity contribution in [2.45, 2.75) is 67.1 Å². The predicted molar refractivity (Wildman–Crippen MR) is 220 cm³/mol. The fraction of sp³-hybridized carbons (Fsp3) is 0.261. The molecule has 0 fully saturated rings. The number of benzene rings is 4. The van der Waals surface area contributed by atoms with E-state index in [1.54, 1.807) is 0 Å². The molecule has 0 bridgehead atoms. The first kappa shape index (κ1) is 38.5. The molecular weight excluding hydrogens is 833 g/mol. The van der Waals surface area contributed by atoms with Gasteiger partial charge in [0.1, 0.15) is 0 Å². The molecule has 0 unspecified atom stereocenters. The van der Waals surface area contributed by atoms with Crippen LogP contribution in [0.5, 0.6) is 0 Å². The Kier molecular flexibility index (Phi) is 12.3. The third-order valence-electron chi connectivity index (χ3n) is 8.76. The molecule has 0 aliphatic heterocycles. The summed E-state index contributed by atoms with van der Waals surface area (Å²) >= 11 is 1.83. The van der Waals surface area contributed by atoms with Crippen molar-refractivity contribution in [1.29, 1.82) is 0 Å². The van der Waals surface area contributed by atoms with Crippen molar-refractivity contribution in [2.24, 2.45) is 11.3 Å². The van der Waals surface area contributed by atoms with E-state index >= 15 is 0 Å². The molecule has 0 atom stereocenters. The van der Waals surface area contributed by atoms with Gasteiger partial charge in [-0.05, 0) is 80.2 Å². The van der Waals surface area contributed by atoms with Crippen LogP contribution in [0.15, 0.2) is 116 Å². The van der Waals surface area contributed by atoms with Gasteiger partial charge >= 0.3 is 0 Å². The molecule has 0 aliphatic rings. The second-order valence-corrected chi connectivity index (χ2v) is 22.0. The van der Waals surface area contributed by atoms with Crippen LogP contribution in [0.4, 0.5) is 0 Å². The van der Waals surface area contributed by atoms with Crippen LogP contribution >= 0.6 is 11.3 Å². The van der Waals surface area contributed by atoms with Gasteiger partial charge in [0.05, 0.1) is 8.07 Å². The van der Waals surface area contributed by atoms with E-state index in [9.17, 15) is 0 Å². The Labute approximate surface area is 323 Å². The van der Waals surface area contributed by atoms with E-state index in [4.69, 9.17) is 4.98 Å². The molecule has 4 aromatic carbocycles. The van der Waals surface area contributed by atoms with Crippen molar-refractivity contribution in [2.75, 3.05) is 0 Å². The van der Waals surface area contributed by atoms with Crippen molar-refractivity contribution in [3.63, 3.8) is 0 Å². The smallest absolute Gasteiger partial charge is 0.0798 e. The zero-order chi connectivity index (χ0) is 35.5. The number of thiophene rings is 1. The van der Waals surface area contributed by atoms with Crippen molar-refractivity contribution in [3.8, 4) is 33.6 Å². The maximum Gasteiger partial charge on any atom is 0.0798 e. The van der Waals surface area contributed by atoms with E-state index in [1.165, 1.54) is 47.6 Å². The van der Waals surface area contributed by atoms with Crippen LogP contribution in [-0.2, 0) is 32.9 Å². The summed E-state index contributed by atoms with van der Waals surface area (Å²) in [5, 5.41) is 4.08. The normalized spacial score (nSPS) is 11.7. The molecule has 7 rings (SSSR count). The van der Waals surface area contributed by atoms with Gasteiger partial charge in [-0.15, -0.1) is 59.7 Å². The van der Waals surface area contributed by atoms with Gasteiger partial charge < -0.3 is 9.97 Å². The van der Waals surface area contributed by atoms with Crippen LogP contribution < -0.4 is 5.19 Å². The molecule has 0 saturated heterocycles. The van der Waals surface area contributed by atoms with Crippen molar-refractivity contribution >= 4 is 44.8 Å². The number of fused-ring (bicyclic) bond motifs is 3. The number of hydrogen-bond acceptors (Lipinski definition) is 3. The fourth-order valence-electron chi connectivity index (χ4n) is 6.56. The molecule has 0 N–H and O–H groups in total.